The molecule has 3 rings (SSSR count). The second kappa shape index (κ2) is 10.4. The molecular weight excluding hydrogens is 442 g/mol. The second-order valence-corrected chi connectivity index (χ2v) is 7.43. The van der Waals surface area contributed by atoms with Crippen LogP contribution >= 0.6 is 12.2 Å². The molecular formula is C24H21N3O5S. The molecule has 3 aromatic rings. The Morgan fingerprint density at radius 1 is 0.818 bits per heavy atom. The van der Waals surface area contributed by atoms with E-state index in [1.165, 1.54) is 37.4 Å². The third-order valence-electron chi connectivity index (χ3n) is 4.63. The molecule has 0 aliphatic rings. The smallest absolute Gasteiger partial charge is 0.335 e. The van der Waals surface area contributed by atoms with Crippen LogP contribution in [0.25, 0.3) is 0 Å². The van der Waals surface area contributed by atoms with Gasteiger partial charge in [-0.25, -0.2) is 4.79 Å². The number of rotatable bonds is 6. The number of carboxylic acids is 1. The number of aromatic carboxylic acids is 1. The van der Waals surface area contributed by atoms with E-state index >= 15 is 0 Å². The molecule has 2 amide bonds. The second-order valence-electron chi connectivity index (χ2n) is 7.03. The first-order chi connectivity index (χ1) is 15.8. The minimum Gasteiger partial charge on any atom is -0.496 e. The Morgan fingerprint density at radius 3 is 2.03 bits per heavy atom. The fourth-order valence-corrected chi connectivity index (χ4v) is 3.10. The zero-order chi connectivity index (χ0) is 24.0. The number of amides is 2. The maximum atomic E-state index is 12.7. The van der Waals surface area contributed by atoms with Gasteiger partial charge in [0.05, 0.1) is 18.2 Å². The molecule has 0 bridgehead atoms. The van der Waals surface area contributed by atoms with Crippen LogP contribution in [0.5, 0.6) is 5.75 Å². The highest BCUT2D eigenvalue weighted by Crippen LogP contribution is 2.24. The summed E-state index contributed by atoms with van der Waals surface area (Å²) in [7, 11) is 1.41. The van der Waals surface area contributed by atoms with Crippen LogP contribution in [0, 0.1) is 6.92 Å². The third-order valence-corrected chi connectivity index (χ3v) is 4.84. The molecule has 0 aromatic heterocycles. The molecule has 9 heteroatoms. The lowest BCUT2D eigenvalue weighted by atomic mass is 10.1. The zero-order valence-electron chi connectivity index (χ0n) is 17.8. The topological polar surface area (TPSA) is 117 Å². The number of carboxylic acid groups (broad SMARTS) is 1. The van der Waals surface area contributed by atoms with Crippen molar-refractivity contribution in [3.8, 4) is 5.75 Å². The van der Waals surface area contributed by atoms with Crippen molar-refractivity contribution in [1.29, 1.82) is 0 Å². The summed E-state index contributed by atoms with van der Waals surface area (Å²) in [6.45, 7) is 1.94. The van der Waals surface area contributed by atoms with Gasteiger partial charge in [0.25, 0.3) is 11.8 Å². The summed E-state index contributed by atoms with van der Waals surface area (Å²) in [6, 6.07) is 17.7. The molecule has 0 heterocycles. The number of ether oxygens (including phenoxy) is 1. The van der Waals surface area contributed by atoms with Crippen molar-refractivity contribution in [2.75, 3.05) is 17.7 Å². The number of methoxy groups -OCH3 is 1. The first-order valence-electron chi connectivity index (χ1n) is 9.78. The third kappa shape index (κ3) is 6.14. The average Bonchev–Trinajstić information content (AvgIpc) is 2.79. The van der Waals surface area contributed by atoms with Gasteiger partial charge in [0, 0.05) is 23.0 Å². The first kappa shape index (κ1) is 23.4. The van der Waals surface area contributed by atoms with E-state index in [0.717, 1.165) is 5.56 Å². The Kier molecular flexibility index (Phi) is 7.37. The van der Waals surface area contributed by atoms with Gasteiger partial charge in [-0.15, -0.1) is 0 Å². The molecule has 33 heavy (non-hydrogen) atoms. The van der Waals surface area contributed by atoms with E-state index < -0.39 is 11.9 Å². The van der Waals surface area contributed by atoms with Crippen molar-refractivity contribution in [3.05, 3.63) is 89.0 Å². The van der Waals surface area contributed by atoms with Crippen LogP contribution in [0.2, 0.25) is 0 Å². The van der Waals surface area contributed by atoms with Gasteiger partial charge in [-0.3, -0.25) is 14.9 Å². The number of anilines is 2. The van der Waals surface area contributed by atoms with Gasteiger partial charge < -0.3 is 20.5 Å². The summed E-state index contributed by atoms with van der Waals surface area (Å²) in [5.74, 6) is -1.58. The summed E-state index contributed by atoms with van der Waals surface area (Å²) in [5.41, 5.74) is 2.90. The number of nitrogens with one attached hydrogen (secondary N) is 3. The quantitative estimate of drug-likeness (QED) is 0.407. The van der Waals surface area contributed by atoms with Crippen LogP contribution in [0.1, 0.15) is 36.6 Å². The highest BCUT2D eigenvalue weighted by Gasteiger charge is 2.16. The normalized spacial score (nSPS) is 10.1. The summed E-state index contributed by atoms with van der Waals surface area (Å²) >= 11 is 5.17. The van der Waals surface area contributed by atoms with Gasteiger partial charge in [0.2, 0.25) is 0 Å². The Bertz CT molecular complexity index is 1210. The van der Waals surface area contributed by atoms with Crippen molar-refractivity contribution >= 4 is 46.5 Å². The standard InChI is InChI=1S/C24H21N3O5S/c1-14-3-5-15(6-4-14)21(28)25-18-11-12-19(20(13-18)32-2)22(29)27-24(33)26-17-9-7-16(8-10-17)23(30)31/h3-13H,1-2H3,(H,25,28)(H,30,31)(H2,26,27,29,33). The maximum Gasteiger partial charge on any atom is 0.335 e. The van der Waals surface area contributed by atoms with Crippen molar-refractivity contribution in [3.63, 3.8) is 0 Å². The summed E-state index contributed by atoms with van der Waals surface area (Å²) in [6.07, 6.45) is 0. The number of hydrogen-bond acceptors (Lipinski definition) is 5. The van der Waals surface area contributed by atoms with Crippen molar-refractivity contribution in [2.24, 2.45) is 0 Å². The first-order valence-corrected chi connectivity index (χ1v) is 10.2. The molecule has 168 valence electrons. The van der Waals surface area contributed by atoms with E-state index in [1.54, 1.807) is 24.3 Å². The molecule has 0 unspecified atom stereocenters. The Labute approximate surface area is 195 Å². The van der Waals surface area contributed by atoms with Gasteiger partial charge in [-0.2, -0.15) is 0 Å². The van der Waals surface area contributed by atoms with E-state index in [2.05, 4.69) is 16.0 Å². The molecule has 3 aromatic carbocycles. The Balaban J connectivity index is 1.66. The van der Waals surface area contributed by atoms with Crippen LogP contribution in [0.4, 0.5) is 11.4 Å². The van der Waals surface area contributed by atoms with Crippen LogP contribution < -0.4 is 20.7 Å². The summed E-state index contributed by atoms with van der Waals surface area (Å²) in [5, 5.41) is 17.1. The lowest BCUT2D eigenvalue weighted by Crippen LogP contribution is -2.34. The predicted octanol–water partition coefficient (Wildman–Crippen LogP) is 4.08. The molecule has 8 nitrogen and oxygen atoms in total. The Hall–Kier alpha value is -4.24. The molecule has 0 radical (unpaired) electrons. The zero-order valence-corrected chi connectivity index (χ0v) is 18.7. The van der Waals surface area contributed by atoms with E-state index in [4.69, 9.17) is 22.1 Å². The molecule has 0 aliphatic heterocycles. The fourth-order valence-electron chi connectivity index (χ4n) is 2.89. The number of hydrogen-bond donors (Lipinski definition) is 4. The van der Waals surface area contributed by atoms with Crippen molar-refractivity contribution in [2.45, 2.75) is 6.92 Å². The molecule has 0 aliphatic carbocycles. The van der Waals surface area contributed by atoms with E-state index in [-0.39, 0.29) is 27.9 Å². The molecule has 4 N–H and O–H groups in total. The lowest BCUT2D eigenvalue weighted by Gasteiger charge is -2.13. The van der Waals surface area contributed by atoms with E-state index in [9.17, 15) is 14.4 Å². The average molecular weight is 464 g/mol. The molecule has 0 saturated carbocycles. The monoisotopic (exact) mass is 463 g/mol. The van der Waals surface area contributed by atoms with Gasteiger partial charge in [0.15, 0.2) is 5.11 Å². The van der Waals surface area contributed by atoms with Gasteiger partial charge in [-0.05, 0) is 67.7 Å². The molecule has 0 atom stereocenters. The minimum atomic E-state index is -1.04. The van der Waals surface area contributed by atoms with E-state index in [1.807, 2.05) is 19.1 Å². The molecule has 0 saturated heterocycles. The number of thiocarbonyl (C=S) groups is 1. The highest BCUT2D eigenvalue weighted by molar-refractivity contribution is 7.80. The summed E-state index contributed by atoms with van der Waals surface area (Å²) < 4.78 is 5.31. The lowest BCUT2D eigenvalue weighted by molar-refractivity contribution is 0.0696. The number of aryl methyl sites for hydroxylation is 1. The van der Waals surface area contributed by atoms with Gasteiger partial charge >= 0.3 is 5.97 Å². The largest absolute Gasteiger partial charge is 0.496 e. The van der Waals surface area contributed by atoms with Crippen molar-refractivity contribution in [1.82, 2.24) is 5.32 Å². The number of carbonyl (C=O) groups excluding carboxylic acids is 2. The van der Waals surface area contributed by atoms with Crippen LogP contribution in [0.3, 0.4) is 0 Å². The van der Waals surface area contributed by atoms with Crippen LogP contribution in [-0.2, 0) is 0 Å². The fraction of sp³-hybridized carbons (Fsp3) is 0.0833. The predicted molar refractivity (Wildman–Crippen MR) is 129 cm³/mol. The number of carbonyl (C=O) groups is 3. The summed E-state index contributed by atoms with van der Waals surface area (Å²) in [4.78, 5) is 36.0. The van der Waals surface area contributed by atoms with Crippen LogP contribution in [-0.4, -0.2) is 35.1 Å². The van der Waals surface area contributed by atoms with Crippen molar-refractivity contribution < 1.29 is 24.2 Å². The molecule has 0 spiro atoms. The minimum absolute atomic E-state index is 0.0295. The maximum absolute atomic E-state index is 12.7. The van der Waals surface area contributed by atoms with Gasteiger partial charge in [-0.1, -0.05) is 17.7 Å². The van der Waals surface area contributed by atoms with E-state index in [0.29, 0.717) is 16.9 Å². The van der Waals surface area contributed by atoms with Crippen LogP contribution in [0.15, 0.2) is 66.7 Å². The molecule has 0 fully saturated rings. The Morgan fingerprint density at radius 2 is 1.42 bits per heavy atom. The highest BCUT2D eigenvalue weighted by atomic mass is 32.1. The SMILES string of the molecule is COc1cc(NC(=O)c2ccc(C)cc2)ccc1C(=O)NC(=S)Nc1ccc(C(=O)O)cc1. The number of benzene rings is 3. The van der Waals surface area contributed by atoms with Gasteiger partial charge in [0.1, 0.15) is 5.75 Å².